The number of aromatic amines is 1. The molecule has 0 saturated carbocycles. The Hall–Kier alpha value is -3.60. The first-order valence-electron chi connectivity index (χ1n) is 9.37. The van der Waals surface area contributed by atoms with Crippen LogP contribution < -0.4 is 16.2 Å². The number of hydrogen-bond acceptors (Lipinski definition) is 5. The lowest BCUT2D eigenvalue weighted by Gasteiger charge is -2.23. The standard InChI is InChI=1S/C21H15F3N4O3S/c22-11-3-1-10(2-4-11)9-32-21-27-18-17(20(31)28-21)13(8-16(29)26-18)19(30)25-15-6-5-12(23)7-14(15)24/h1-7,13H,8-9H2,(H,25,30)(H2,26,27,28,29,31). The van der Waals surface area contributed by atoms with Gasteiger partial charge in [0, 0.05) is 18.2 Å². The monoisotopic (exact) mass is 460 g/mol. The van der Waals surface area contributed by atoms with Gasteiger partial charge in [-0.15, -0.1) is 0 Å². The number of benzene rings is 2. The second-order valence-electron chi connectivity index (χ2n) is 6.97. The van der Waals surface area contributed by atoms with Gasteiger partial charge in [0.05, 0.1) is 17.2 Å². The SMILES string of the molecule is O=C1CC(C(=O)Nc2ccc(F)cc2F)c2c(nc(SCc3ccc(F)cc3)[nH]c2=O)N1. The van der Waals surface area contributed by atoms with Gasteiger partial charge in [-0.25, -0.2) is 18.2 Å². The minimum Gasteiger partial charge on any atom is -0.323 e. The molecular formula is C21H15F3N4O3S. The number of nitrogens with one attached hydrogen (secondary N) is 3. The molecule has 164 valence electrons. The Balaban J connectivity index is 1.57. The van der Waals surface area contributed by atoms with E-state index in [4.69, 9.17) is 0 Å². The number of rotatable bonds is 5. The summed E-state index contributed by atoms with van der Waals surface area (Å²) in [6.07, 6.45) is -0.339. The van der Waals surface area contributed by atoms with Crippen molar-refractivity contribution < 1.29 is 22.8 Å². The fraction of sp³-hybridized carbons (Fsp3) is 0.143. The second kappa shape index (κ2) is 8.87. The van der Waals surface area contributed by atoms with E-state index in [0.29, 0.717) is 11.8 Å². The lowest BCUT2D eigenvalue weighted by molar-refractivity contribution is -0.123. The Bertz CT molecular complexity index is 1260. The number of carbonyl (C=O) groups is 2. The summed E-state index contributed by atoms with van der Waals surface area (Å²) in [5.41, 5.74) is -0.175. The van der Waals surface area contributed by atoms with Crippen molar-refractivity contribution in [1.82, 2.24) is 9.97 Å². The third kappa shape index (κ3) is 4.67. The van der Waals surface area contributed by atoms with Gasteiger partial charge < -0.3 is 15.6 Å². The number of aromatic nitrogens is 2. The van der Waals surface area contributed by atoms with Gasteiger partial charge in [0.25, 0.3) is 5.56 Å². The number of amides is 2. The third-order valence-corrected chi connectivity index (χ3v) is 5.67. The second-order valence-corrected chi connectivity index (χ2v) is 7.93. The zero-order valence-electron chi connectivity index (χ0n) is 16.2. The van der Waals surface area contributed by atoms with Crippen LogP contribution in [0, 0.1) is 17.5 Å². The summed E-state index contributed by atoms with van der Waals surface area (Å²) in [7, 11) is 0. The summed E-state index contributed by atoms with van der Waals surface area (Å²) in [5, 5.41) is 4.96. The molecule has 0 radical (unpaired) electrons. The predicted molar refractivity (Wildman–Crippen MR) is 112 cm³/mol. The molecule has 0 bridgehead atoms. The van der Waals surface area contributed by atoms with Gasteiger partial charge in [-0.1, -0.05) is 23.9 Å². The summed E-state index contributed by atoms with van der Waals surface area (Å²) < 4.78 is 40.0. The largest absolute Gasteiger partial charge is 0.323 e. The van der Waals surface area contributed by atoms with Crippen molar-refractivity contribution in [2.75, 3.05) is 10.6 Å². The minimum atomic E-state index is -1.21. The summed E-state index contributed by atoms with van der Waals surface area (Å²) in [6, 6.07) is 8.43. The Morgan fingerprint density at radius 3 is 2.53 bits per heavy atom. The summed E-state index contributed by atoms with van der Waals surface area (Å²) in [4.78, 5) is 44.4. The number of nitrogens with zero attached hydrogens (tertiary/aromatic N) is 1. The first-order valence-corrected chi connectivity index (χ1v) is 10.4. The number of halogens is 3. The molecule has 32 heavy (non-hydrogen) atoms. The highest BCUT2D eigenvalue weighted by Gasteiger charge is 2.35. The predicted octanol–water partition coefficient (Wildman–Crippen LogP) is 3.54. The lowest BCUT2D eigenvalue weighted by Crippen LogP contribution is -2.36. The summed E-state index contributed by atoms with van der Waals surface area (Å²) in [6.45, 7) is 0. The number of thioether (sulfide) groups is 1. The fourth-order valence-corrected chi connectivity index (χ4v) is 4.00. The van der Waals surface area contributed by atoms with Crippen LogP contribution in [0.3, 0.4) is 0 Å². The molecule has 0 fully saturated rings. The molecule has 2 aromatic carbocycles. The Kier molecular flexibility index (Phi) is 5.99. The van der Waals surface area contributed by atoms with Gasteiger partial charge in [0.15, 0.2) is 5.16 Å². The highest BCUT2D eigenvalue weighted by molar-refractivity contribution is 7.98. The molecule has 0 aliphatic carbocycles. The smallest absolute Gasteiger partial charge is 0.257 e. The third-order valence-electron chi connectivity index (χ3n) is 4.72. The normalized spacial score (nSPS) is 15.1. The van der Waals surface area contributed by atoms with Gasteiger partial charge in [-0.3, -0.25) is 14.4 Å². The van der Waals surface area contributed by atoms with Crippen molar-refractivity contribution >= 4 is 35.1 Å². The maximum Gasteiger partial charge on any atom is 0.257 e. The first-order chi connectivity index (χ1) is 15.3. The van der Waals surface area contributed by atoms with Crippen LogP contribution in [-0.4, -0.2) is 21.8 Å². The lowest BCUT2D eigenvalue weighted by atomic mass is 9.92. The number of carbonyl (C=O) groups excluding carboxylic acids is 2. The summed E-state index contributed by atoms with van der Waals surface area (Å²) >= 11 is 1.16. The van der Waals surface area contributed by atoms with Crippen LogP contribution in [0.15, 0.2) is 52.4 Å². The molecule has 3 aromatic rings. The number of hydrogen-bond donors (Lipinski definition) is 3. The molecule has 0 spiro atoms. The molecule has 1 unspecified atom stereocenters. The molecule has 7 nitrogen and oxygen atoms in total. The highest BCUT2D eigenvalue weighted by atomic mass is 32.2. The molecular weight excluding hydrogens is 445 g/mol. The van der Waals surface area contributed by atoms with Crippen LogP contribution >= 0.6 is 11.8 Å². The van der Waals surface area contributed by atoms with E-state index in [1.807, 2.05) is 0 Å². The van der Waals surface area contributed by atoms with Crippen molar-refractivity contribution in [2.45, 2.75) is 23.2 Å². The average Bonchev–Trinajstić information content (AvgIpc) is 2.74. The maximum atomic E-state index is 13.9. The molecule has 1 aliphatic heterocycles. The van der Waals surface area contributed by atoms with E-state index in [0.717, 1.165) is 29.5 Å². The summed E-state index contributed by atoms with van der Waals surface area (Å²) in [5.74, 6) is -4.40. The van der Waals surface area contributed by atoms with E-state index in [-0.39, 0.29) is 34.5 Å². The fourth-order valence-electron chi connectivity index (χ4n) is 3.19. The van der Waals surface area contributed by atoms with E-state index >= 15 is 0 Å². The topological polar surface area (TPSA) is 104 Å². The van der Waals surface area contributed by atoms with E-state index in [1.54, 1.807) is 12.1 Å². The molecule has 2 heterocycles. The van der Waals surface area contributed by atoms with Crippen LogP contribution in [0.4, 0.5) is 24.7 Å². The van der Waals surface area contributed by atoms with Crippen LogP contribution in [0.5, 0.6) is 0 Å². The molecule has 3 N–H and O–H groups in total. The average molecular weight is 460 g/mol. The molecule has 2 amide bonds. The van der Waals surface area contributed by atoms with Gasteiger partial charge in [-0.2, -0.15) is 0 Å². The van der Waals surface area contributed by atoms with E-state index in [9.17, 15) is 27.6 Å². The van der Waals surface area contributed by atoms with Gasteiger partial charge >= 0.3 is 0 Å². The van der Waals surface area contributed by atoms with Crippen molar-refractivity contribution in [1.29, 1.82) is 0 Å². The van der Waals surface area contributed by atoms with Crippen molar-refractivity contribution in [3.8, 4) is 0 Å². The molecule has 11 heteroatoms. The number of fused-ring (bicyclic) bond motifs is 1. The quantitative estimate of drug-likeness (QED) is 0.399. The van der Waals surface area contributed by atoms with Crippen molar-refractivity contribution in [3.05, 3.63) is 81.4 Å². The van der Waals surface area contributed by atoms with Crippen LogP contribution in [0.1, 0.15) is 23.5 Å². The van der Waals surface area contributed by atoms with Crippen molar-refractivity contribution in [2.24, 2.45) is 0 Å². The number of H-pyrrole nitrogens is 1. The molecule has 1 aromatic heterocycles. The van der Waals surface area contributed by atoms with Crippen molar-refractivity contribution in [3.63, 3.8) is 0 Å². The van der Waals surface area contributed by atoms with Gasteiger partial charge in [0.2, 0.25) is 11.8 Å². The van der Waals surface area contributed by atoms with Crippen LogP contribution in [-0.2, 0) is 15.3 Å². The van der Waals surface area contributed by atoms with Crippen LogP contribution in [0.25, 0.3) is 0 Å². The molecule has 4 rings (SSSR count). The van der Waals surface area contributed by atoms with E-state index < -0.39 is 34.9 Å². The maximum absolute atomic E-state index is 13.9. The van der Waals surface area contributed by atoms with E-state index in [2.05, 4.69) is 20.6 Å². The molecule has 0 saturated heterocycles. The van der Waals surface area contributed by atoms with Gasteiger partial charge in [0.1, 0.15) is 23.3 Å². The molecule has 1 aliphatic rings. The Labute approximate surface area is 183 Å². The Morgan fingerprint density at radius 2 is 1.81 bits per heavy atom. The zero-order valence-corrected chi connectivity index (χ0v) is 17.1. The minimum absolute atomic E-state index is 0.0595. The Morgan fingerprint density at radius 1 is 1.09 bits per heavy atom. The van der Waals surface area contributed by atoms with E-state index in [1.165, 1.54) is 12.1 Å². The zero-order chi connectivity index (χ0) is 22.8. The molecule has 1 atom stereocenters. The van der Waals surface area contributed by atoms with Gasteiger partial charge in [-0.05, 0) is 29.8 Å². The van der Waals surface area contributed by atoms with Crippen LogP contribution in [0.2, 0.25) is 0 Å². The number of anilines is 2. The first kappa shape index (κ1) is 21.6. The highest BCUT2D eigenvalue weighted by Crippen LogP contribution is 2.31.